The molecule has 7 nitrogen and oxygen atoms in total. The maximum Gasteiger partial charge on any atom is 0.270 e. The summed E-state index contributed by atoms with van der Waals surface area (Å²) in [6.07, 6.45) is 1.63. The Balaban J connectivity index is 1.54. The Morgan fingerprint density at radius 3 is 2.41 bits per heavy atom. The van der Waals surface area contributed by atoms with Crippen LogP contribution in [0.5, 0.6) is 5.75 Å². The van der Waals surface area contributed by atoms with Gasteiger partial charge < -0.3 is 9.15 Å². The predicted molar refractivity (Wildman–Crippen MR) is 129 cm³/mol. The topological polar surface area (TPSA) is 103 Å². The van der Waals surface area contributed by atoms with Gasteiger partial charge in [0.2, 0.25) is 10.0 Å². The van der Waals surface area contributed by atoms with Gasteiger partial charge in [0.15, 0.2) is 4.32 Å². The van der Waals surface area contributed by atoms with Crippen LogP contribution in [0, 0.1) is 0 Å². The van der Waals surface area contributed by atoms with E-state index in [1.54, 1.807) is 54.6 Å². The number of nitrogens with two attached hydrogens (primary N) is 1. The zero-order valence-corrected chi connectivity index (χ0v) is 19.3. The molecule has 10 heteroatoms. The van der Waals surface area contributed by atoms with Crippen molar-refractivity contribution >= 4 is 56.0 Å². The summed E-state index contributed by atoms with van der Waals surface area (Å²) >= 11 is 6.60. The number of rotatable bonds is 6. The van der Waals surface area contributed by atoms with Crippen LogP contribution >= 0.6 is 24.0 Å². The van der Waals surface area contributed by atoms with E-state index in [0.29, 0.717) is 38.6 Å². The fourth-order valence-corrected chi connectivity index (χ4v) is 4.87. The third kappa shape index (κ3) is 4.63. The van der Waals surface area contributed by atoms with Gasteiger partial charge in [-0.2, -0.15) is 0 Å². The molecule has 2 N–H and O–H groups in total. The average Bonchev–Trinajstić information content (AvgIpc) is 3.33. The van der Waals surface area contributed by atoms with Crippen molar-refractivity contribution in [1.82, 2.24) is 0 Å². The molecule has 0 unspecified atom stereocenters. The molecule has 1 saturated heterocycles. The highest BCUT2D eigenvalue weighted by molar-refractivity contribution is 8.27. The summed E-state index contributed by atoms with van der Waals surface area (Å²) in [5.41, 5.74) is 1.34. The van der Waals surface area contributed by atoms with E-state index in [4.69, 9.17) is 26.5 Å². The first kappa shape index (κ1) is 22.3. The smallest absolute Gasteiger partial charge is 0.270 e. The van der Waals surface area contributed by atoms with Gasteiger partial charge in [-0.05, 0) is 67.6 Å². The molecule has 4 rings (SSSR count). The molecule has 1 aromatic heterocycles. The lowest BCUT2D eigenvalue weighted by atomic mass is 10.2. The second-order valence-electron chi connectivity index (χ2n) is 6.72. The van der Waals surface area contributed by atoms with Crippen LogP contribution in [0.3, 0.4) is 0 Å². The van der Waals surface area contributed by atoms with Crippen molar-refractivity contribution in [1.29, 1.82) is 0 Å². The number of benzene rings is 2. The van der Waals surface area contributed by atoms with Gasteiger partial charge in [-0.1, -0.05) is 24.0 Å². The molecule has 2 heterocycles. The van der Waals surface area contributed by atoms with Gasteiger partial charge in [-0.15, -0.1) is 0 Å². The number of furan rings is 1. The van der Waals surface area contributed by atoms with Crippen molar-refractivity contribution in [3.05, 3.63) is 71.3 Å². The van der Waals surface area contributed by atoms with E-state index in [2.05, 4.69) is 0 Å². The summed E-state index contributed by atoms with van der Waals surface area (Å²) in [6, 6.07) is 16.7. The van der Waals surface area contributed by atoms with Crippen LogP contribution in [0.4, 0.5) is 5.69 Å². The number of carbonyl (C=O) groups excluding carboxylic acids is 1. The van der Waals surface area contributed by atoms with E-state index >= 15 is 0 Å². The monoisotopic (exact) mass is 486 g/mol. The summed E-state index contributed by atoms with van der Waals surface area (Å²) in [5, 5.41) is 5.13. The number of thioether (sulfide) groups is 1. The molecule has 2 aromatic carbocycles. The Bertz CT molecular complexity index is 1310. The Morgan fingerprint density at radius 1 is 1.09 bits per heavy atom. The third-order valence-corrected chi connectivity index (χ3v) is 6.80. The van der Waals surface area contributed by atoms with Gasteiger partial charge >= 0.3 is 0 Å². The first-order valence-electron chi connectivity index (χ1n) is 9.50. The van der Waals surface area contributed by atoms with Crippen LogP contribution in [-0.4, -0.2) is 25.3 Å². The van der Waals surface area contributed by atoms with Crippen molar-refractivity contribution in [3.8, 4) is 17.1 Å². The Labute approximate surface area is 194 Å². The van der Waals surface area contributed by atoms with Crippen molar-refractivity contribution in [3.63, 3.8) is 0 Å². The van der Waals surface area contributed by atoms with Crippen LogP contribution in [0.1, 0.15) is 12.7 Å². The number of sulfonamides is 1. The van der Waals surface area contributed by atoms with E-state index in [1.165, 1.54) is 28.8 Å². The molecule has 0 spiro atoms. The summed E-state index contributed by atoms with van der Waals surface area (Å²) in [4.78, 5) is 14.9. The van der Waals surface area contributed by atoms with Gasteiger partial charge in [-0.3, -0.25) is 9.69 Å². The minimum atomic E-state index is -3.76. The molecule has 1 aliphatic rings. The Hall–Kier alpha value is -2.92. The molecule has 0 aliphatic carbocycles. The van der Waals surface area contributed by atoms with E-state index in [0.717, 1.165) is 5.75 Å². The summed E-state index contributed by atoms with van der Waals surface area (Å²) in [5.74, 6) is 1.49. The second-order valence-corrected chi connectivity index (χ2v) is 9.95. The van der Waals surface area contributed by atoms with E-state index in [1.807, 2.05) is 6.92 Å². The highest BCUT2D eigenvalue weighted by atomic mass is 32.2. The zero-order valence-electron chi connectivity index (χ0n) is 16.8. The van der Waals surface area contributed by atoms with Crippen molar-refractivity contribution in [2.45, 2.75) is 11.8 Å². The van der Waals surface area contributed by atoms with Crippen LogP contribution < -0.4 is 14.8 Å². The highest BCUT2D eigenvalue weighted by Crippen LogP contribution is 2.37. The molecule has 1 aliphatic heterocycles. The predicted octanol–water partition coefficient (Wildman–Crippen LogP) is 4.40. The lowest BCUT2D eigenvalue weighted by molar-refractivity contribution is -0.113. The summed E-state index contributed by atoms with van der Waals surface area (Å²) < 4.78 is 34.5. The summed E-state index contributed by atoms with van der Waals surface area (Å²) in [7, 11) is -3.76. The molecule has 0 saturated carbocycles. The van der Waals surface area contributed by atoms with Gasteiger partial charge in [0.25, 0.3) is 5.91 Å². The largest absolute Gasteiger partial charge is 0.494 e. The number of primary sulfonamides is 1. The minimum absolute atomic E-state index is 0.0194. The molecule has 1 amide bonds. The highest BCUT2D eigenvalue weighted by Gasteiger charge is 2.33. The number of ether oxygens (including phenoxy) is 1. The fourth-order valence-electron chi connectivity index (χ4n) is 3.07. The number of amides is 1. The van der Waals surface area contributed by atoms with Crippen molar-refractivity contribution in [2.75, 3.05) is 11.5 Å². The van der Waals surface area contributed by atoms with Crippen LogP contribution in [-0.2, 0) is 14.8 Å². The van der Waals surface area contributed by atoms with Crippen molar-refractivity contribution < 1.29 is 22.4 Å². The molecule has 0 radical (unpaired) electrons. The molecule has 1 fully saturated rings. The lowest BCUT2D eigenvalue weighted by Crippen LogP contribution is -2.27. The number of anilines is 1. The quantitative estimate of drug-likeness (QED) is 0.407. The van der Waals surface area contributed by atoms with Crippen LogP contribution in [0.2, 0.25) is 0 Å². The summed E-state index contributed by atoms with van der Waals surface area (Å²) in [6.45, 7) is 2.46. The Morgan fingerprint density at radius 2 is 1.78 bits per heavy atom. The molecule has 0 atom stereocenters. The molecule has 3 aromatic rings. The maximum atomic E-state index is 12.9. The number of hydrogen-bond donors (Lipinski definition) is 1. The first-order valence-corrected chi connectivity index (χ1v) is 12.3. The second kappa shape index (κ2) is 8.91. The van der Waals surface area contributed by atoms with Gasteiger partial charge in [0, 0.05) is 11.6 Å². The first-order chi connectivity index (χ1) is 15.3. The number of carbonyl (C=O) groups is 1. The lowest BCUT2D eigenvalue weighted by Gasteiger charge is -2.15. The molecular weight excluding hydrogens is 468 g/mol. The zero-order chi connectivity index (χ0) is 22.9. The fraction of sp³-hybridized carbons (Fsp3) is 0.0909. The standard InChI is InChI=1S/C22H18N2O5S3/c1-2-28-16-7-5-15(6-8-16)24-21(25)20(31-22(24)30)13-17-9-12-19(29-17)14-3-10-18(11-4-14)32(23,26)27/h3-13H,2H2,1H3,(H2,23,26,27). The van der Waals surface area contributed by atoms with E-state index < -0.39 is 10.0 Å². The average molecular weight is 487 g/mol. The minimum Gasteiger partial charge on any atom is -0.494 e. The maximum absolute atomic E-state index is 12.9. The van der Waals surface area contributed by atoms with Gasteiger partial charge in [-0.25, -0.2) is 13.6 Å². The van der Waals surface area contributed by atoms with E-state index in [9.17, 15) is 13.2 Å². The molecule has 164 valence electrons. The number of hydrogen-bond acceptors (Lipinski definition) is 7. The SMILES string of the molecule is CCOc1ccc(N2C(=O)C(=Cc3ccc(-c4ccc(S(N)(=O)=O)cc4)o3)SC2=S)cc1. The molecular formula is C22H18N2O5S3. The number of thiocarbonyl (C=S) groups is 1. The molecule has 0 bridgehead atoms. The number of nitrogens with zero attached hydrogens (tertiary/aromatic N) is 1. The Kier molecular flexibility index (Phi) is 6.20. The normalized spacial score (nSPS) is 15.6. The van der Waals surface area contributed by atoms with Gasteiger partial charge in [0.1, 0.15) is 17.3 Å². The van der Waals surface area contributed by atoms with Crippen LogP contribution in [0.15, 0.2) is 74.9 Å². The van der Waals surface area contributed by atoms with E-state index in [-0.39, 0.29) is 10.8 Å². The van der Waals surface area contributed by atoms with Crippen molar-refractivity contribution in [2.24, 2.45) is 5.14 Å². The van der Waals surface area contributed by atoms with Gasteiger partial charge in [0.05, 0.1) is 22.1 Å². The van der Waals surface area contributed by atoms with Crippen LogP contribution in [0.25, 0.3) is 17.4 Å². The molecule has 32 heavy (non-hydrogen) atoms. The third-order valence-electron chi connectivity index (χ3n) is 4.57.